The maximum Gasteiger partial charge on any atom is 0.123 e. The van der Waals surface area contributed by atoms with Crippen LogP contribution in [0, 0.1) is 5.82 Å². The highest BCUT2D eigenvalue weighted by Crippen LogP contribution is 2.20. The van der Waals surface area contributed by atoms with E-state index in [4.69, 9.17) is 0 Å². The van der Waals surface area contributed by atoms with Crippen molar-refractivity contribution >= 4 is 15.9 Å². The second-order valence-electron chi connectivity index (χ2n) is 4.90. The summed E-state index contributed by atoms with van der Waals surface area (Å²) in [7, 11) is 0. The molecule has 1 aliphatic rings. The van der Waals surface area contributed by atoms with E-state index in [9.17, 15) is 4.39 Å². The van der Waals surface area contributed by atoms with Gasteiger partial charge in [-0.2, -0.15) is 0 Å². The summed E-state index contributed by atoms with van der Waals surface area (Å²) < 4.78 is 14.2. The van der Waals surface area contributed by atoms with E-state index in [2.05, 4.69) is 40.0 Å². The zero-order chi connectivity index (χ0) is 12.4. The van der Waals surface area contributed by atoms with Crippen LogP contribution in [0.1, 0.15) is 19.4 Å². The van der Waals surface area contributed by atoms with E-state index in [1.165, 1.54) is 6.07 Å². The number of piperazine rings is 1. The lowest BCUT2D eigenvalue weighted by atomic mass is 10.1. The monoisotopic (exact) mass is 300 g/mol. The Morgan fingerprint density at radius 3 is 2.65 bits per heavy atom. The maximum absolute atomic E-state index is 13.2. The van der Waals surface area contributed by atoms with Gasteiger partial charge < -0.3 is 5.32 Å². The van der Waals surface area contributed by atoms with E-state index in [0.717, 1.165) is 29.7 Å². The van der Waals surface area contributed by atoms with Crippen molar-refractivity contribution in [1.82, 2.24) is 10.2 Å². The number of hydrogen-bond acceptors (Lipinski definition) is 2. The van der Waals surface area contributed by atoms with Gasteiger partial charge in [0.1, 0.15) is 5.82 Å². The SMILES string of the molecule is CC1CN(Cc2cc(F)ccc2Br)CC(C)N1. The van der Waals surface area contributed by atoms with Gasteiger partial charge in [-0.3, -0.25) is 4.90 Å². The summed E-state index contributed by atoms with van der Waals surface area (Å²) in [5.41, 5.74) is 1.02. The summed E-state index contributed by atoms with van der Waals surface area (Å²) in [6.45, 7) is 7.18. The molecule has 1 aliphatic heterocycles. The van der Waals surface area contributed by atoms with Crippen molar-refractivity contribution in [3.05, 3.63) is 34.1 Å². The van der Waals surface area contributed by atoms with Gasteiger partial charge in [-0.1, -0.05) is 15.9 Å². The molecule has 0 spiro atoms. The van der Waals surface area contributed by atoms with Crippen LogP contribution in [-0.2, 0) is 6.54 Å². The van der Waals surface area contributed by atoms with Gasteiger partial charge in [-0.15, -0.1) is 0 Å². The summed E-state index contributed by atoms with van der Waals surface area (Å²) in [6, 6.07) is 5.86. The molecular formula is C13H18BrFN2. The maximum atomic E-state index is 13.2. The summed E-state index contributed by atoms with van der Waals surface area (Å²) in [5.74, 6) is -0.167. The van der Waals surface area contributed by atoms with Crippen LogP contribution in [0.25, 0.3) is 0 Å². The average Bonchev–Trinajstić information content (AvgIpc) is 2.22. The summed E-state index contributed by atoms with van der Waals surface area (Å²) in [5, 5.41) is 3.49. The number of nitrogens with zero attached hydrogens (tertiary/aromatic N) is 1. The van der Waals surface area contributed by atoms with Gasteiger partial charge in [-0.05, 0) is 37.6 Å². The third kappa shape index (κ3) is 3.50. The van der Waals surface area contributed by atoms with Gasteiger partial charge >= 0.3 is 0 Å². The molecule has 4 heteroatoms. The highest BCUT2D eigenvalue weighted by Gasteiger charge is 2.21. The molecule has 17 heavy (non-hydrogen) atoms. The van der Waals surface area contributed by atoms with Gasteiger partial charge in [0, 0.05) is 36.2 Å². The Balaban J connectivity index is 2.07. The normalized spacial score (nSPS) is 26.1. The lowest BCUT2D eigenvalue weighted by Gasteiger charge is -2.36. The van der Waals surface area contributed by atoms with Crippen molar-refractivity contribution in [2.75, 3.05) is 13.1 Å². The van der Waals surface area contributed by atoms with E-state index in [1.807, 2.05) is 0 Å². The molecular weight excluding hydrogens is 283 g/mol. The topological polar surface area (TPSA) is 15.3 Å². The largest absolute Gasteiger partial charge is 0.309 e. The Hall–Kier alpha value is -0.450. The van der Waals surface area contributed by atoms with Gasteiger partial charge in [0.2, 0.25) is 0 Å². The summed E-state index contributed by atoms with van der Waals surface area (Å²) in [6.07, 6.45) is 0. The minimum Gasteiger partial charge on any atom is -0.309 e. The zero-order valence-corrected chi connectivity index (χ0v) is 11.8. The predicted octanol–water partition coefficient (Wildman–Crippen LogP) is 2.77. The minimum absolute atomic E-state index is 0.167. The molecule has 2 atom stereocenters. The first kappa shape index (κ1) is 13.0. The molecule has 1 aromatic carbocycles. The number of rotatable bonds is 2. The Bertz CT molecular complexity index is 387. The van der Waals surface area contributed by atoms with Crippen LogP contribution in [-0.4, -0.2) is 30.1 Å². The molecule has 1 aromatic rings. The summed E-state index contributed by atoms with van der Waals surface area (Å²) >= 11 is 3.48. The number of nitrogens with one attached hydrogen (secondary N) is 1. The van der Waals surface area contributed by atoms with Gasteiger partial charge in [0.15, 0.2) is 0 Å². The molecule has 1 heterocycles. The van der Waals surface area contributed by atoms with Crippen molar-refractivity contribution in [3.8, 4) is 0 Å². The molecule has 0 bridgehead atoms. The van der Waals surface area contributed by atoms with E-state index in [-0.39, 0.29) is 5.82 Å². The first-order valence-electron chi connectivity index (χ1n) is 5.97. The molecule has 1 saturated heterocycles. The molecule has 0 amide bonds. The number of hydrogen-bond donors (Lipinski definition) is 1. The lowest BCUT2D eigenvalue weighted by Crippen LogP contribution is -2.53. The highest BCUT2D eigenvalue weighted by molar-refractivity contribution is 9.10. The third-order valence-corrected chi connectivity index (χ3v) is 3.81. The van der Waals surface area contributed by atoms with E-state index < -0.39 is 0 Å². The Kier molecular flexibility index (Phi) is 4.17. The second kappa shape index (κ2) is 5.46. The first-order valence-corrected chi connectivity index (χ1v) is 6.76. The van der Waals surface area contributed by atoms with Crippen molar-refractivity contribution in [2.45, 2.75) is 32.5 Å². The van der Waals surface area contributed by atoms with Crippen molar-refractivity contribution in [3.63, 3.8) is 0 Å². The fraction of sp³-hybridized carbons (Fsp3) is 0.538. The number of benzene rings is 1. The molecule has 2 unspecified atom stereocenters. The van der Waals surface area contributed by atoms with Crippen LogP contribution >= 0.6 is 15.9 Å². The lowest BCUT2D eigenvalue weighted by molar-refractivity contribution is 0.166. The molecule has 0 aliphatic carbocycles. The van der Waals surface area contributed by atoms with Crippen molar-refractivity contribution in [2.24, 2.45) is 0 Å². The smallest absolute Gasteiger partial charge is 0.123 e. The Morgan fingerprint density at radius 1 is 1.35 bits per heavy atom. The molecule has 2 nitrogen and oxygen atoms in total. The fourth-order valence-corrected chi connectivity index (χ4v) is 2.85. The second-order valence-corrected chi connectivity index (χ2v) is 5.75. The van der Waals surface area contributed by atoms with Crippen LogP contribution in [0.2, 0.25) is 0 Å². The van der Waals surface area contributed by atoms with E-state index in [1.54, 1.807) is 12.1 Å². The molecule has 0 aromatic heterocycles. The highest BCUT2D eigenvalue weighted by atomic mass is 79.9. The molecule has 94 valence electrons. The van der Waals surface area contributed by atoms with Crippen molar-refractivity contribution in [1.29, 1.82) is 0 Å². The van der Waals surface area contributed by atoms with Gasteiger partial charge in [0.25, 0.3) is 0 Å². The summed E-state index contributed by atoms with van der Waals surface area (Å²) in [4.78, 5) is 2.37. The minimum atomic E-state index is -0.167. The average molecular weight is 301 g/mol. The van der Waals surface area contributed by atoms with Crippen LogP contribution < -0.4 is 5.32 Å². The standard InChI is InChI=1S/C13H18BrFN2/c1-9-6-17(7-10(2)16-9)8-11-5-12(15)3-4-13(11)14/h3-5,9-10,16H,6-8H2,1-2H3. The molecule has 0 saturated carbocycles. The van der Waals surface area contributed by atoms with E-state index in [0.29, 0.717) is 12.1 Å². The third-order valence-electron chi connectivity index (χ3n) is 3.03. The Morgan fingerprint density at radius 2 is 2.00 bits per heavy atom. The van der Waals surface area contributed by atoms with Crippen molar-refractivity contribution < 1.29 is 4.39 Å². The van der Waals surface area contributed by atoms with Crippen LogP contribution in [0.4, 0.5) is 4.39 Å². The molecule has 2 rings (SSSR count). The quantitative estimate of drug-likeness (QED) is 0.903. The van der Waals surface area contributed by atoms with Gasteiger partial charge in [0.05, 0.1) is 0 Å². The van der Waals surface area contributed by atoms with Crippen LogP contribution in [0.3, 0.4) is 0 Å². The van der Waals surface area contributed by atoms with Gasteiger partial charge in [-0.25, -0.2) is 4.39 Å². The fourth-order valence-electron chi connectivity index (χ4n) is 2.47. The predicted molar refractivity (Wildman–Crippen MR) is 71.4 cm³/mol. The molecule has 1 N–H and O–H groups in total. The first-order chi connectivity index (χ1) is 8.04. The van der Waals surface area contributed by atoms with Crippen LogP contribution in [0.15, 0.2) is 22.7 Å². The number of halogens is 2. The Labute approximate surface area is 110 Å². The molecule has 1 fully saturated rings. The van der Waals surface area contributed by atoms with E-state index >= 15 is 0 Å². The molecule has 0 radical (unpaired) electrons. The van der Waals surface area contributed by atoms with Crippen LogP contribution in [0.5, 0.6) is 0 Å². The zero-order valence-electron chi connectivity index (χ0n) is 10.2.